The van der Waals surface area contributed by atoms with E-state index < -0.39 is 0 Å². The molecule has 1 heterocycles. The molecule has 0 spiro atoms. The third kappa shape index (κ3) is 4.15. The molecule has 1 heteroatoms. The zero-order chi connectivity index (χ0) is 32.2. The van der Waals surface area contributed by atoms with Gasteiger partial charge in [0, 0.05) is 21.6 Å². The van der Waals surface area contributed by atoms with Crippen molar-refractivity contribution in [1.82, 2.24) is 0 Å². The van der Waals surface area contributed by atoms with Crippen molar-refractivity contribution in [3.63, 3.8) is 0 Å². The van der Waals surface area contributed by atoms with E-state index in [1.165, 1.54) is 83.1 Å². The van der Waals surface area contributed by atoms with E-state index in [0.29, 0.717) is 5.92 Å². The van der Waals surface area contributed by atoms with Crippen molar-refractivity contribution >= 4 is 21.9 Å². The Balaban J connectivity index is 1.08. The molecule has 2 aliphatic carbocycles. The molecule has 1 aromatic heterocycles. The maximum Gasteiger partial charge on any atom is 0.135 e. The Morgan fingerprint density at radius 1 is 0.468 bits per heavy atom. The molecule has 0 unspecified atom stereocenters. The highest BCUT2D eigenvalue weighted by Crippen LogP contribution is 2.53. The summed E-state index contributed by atoms with van der Waals surface area (Å²) in [5, 5.41) is 2.34. The number of benzene rings is 6. The molecule has 9 rings (SSSR count). The molecule has 1 nitrogen and oxygen atoms in total. The molecule has 6 aromatic carbocycles. The van der Waals surface area contributed by atoms with Crippen molar-refractivity contribution in [2.45, 2.75) is 58.8 Å². The zero-order valence-corrected chi connectivity index (χ0v) is 28.2. The zero-order valence-electron chi connectivity index (χ0n) is 28.2. The number of hydrogen-bond acceptors (Lipinski definition) is 1. The Morgan fingerprint density at radius 3 is 1.47 bits per heavy atom. The van der Waals surface area contributed by atoms with Crippen molar-refractivity contribution in [3.8, 4) is 44.5 Å². The molecule has 2 aliphatic rings. The van der Waals surface area contributed by atoms with Crippen LogP contribution in [0.15, 0.2) is 120 Å². The normalized spacial score (nSPS) is 15.2. The van der Waals surface area contributed by atoms with Gasteiger partial charge in [-0.25, -0.2) is 0 Å². The number of furan rings is 1. The van der Waals surface area contributed by atoms with Gasteiger partial charge in [0.2, 0.25) is 0 Å². The largest absolute Gasteiger partial charge is 0.456 e. The first-order valence-electron chi connectivity index (χ1n) is 17.1. The van der Waals surface area contributed by atoms with Gasteiger partial charge in [-0.2, -0.15) is 0 Å². The third-order valence-electron chi connectivity index (χ3n) is 11.1. The summed E-state index contributed by atoms with van der Waals surface area (Å²) in [6, 6.07) is 43.4. The lowest BCUT2D eigenvalue weighted by Crippen LogP contribution is -2.16. The van der Waals surface area contributed by atoms with Crippen LogP contribution in [0, 0.1) is 5.92 Å². The summed E-state index contributed by atoms with van der Waals surface area (Å²) in [6.07, 6.45) is 1.12. The van der Waals surface area contributed by atoms with Gasteiger partial charge in [-0.1, -0.05) is 120 Å². The van der Waals surface area contributed by atoms with E-state index in [4.69, 9.17) is 4.42 Å². The van der Waals surface area contributed by atoms with Crippen LogP contribution in [0.3, 0.4) is 0 Å². The lowest BCUT2D eigenvalue weighted by atomic mass is 9.79. The smallest absolute Gasteiger partial charge is 0.135 e. The average Bonchev–Trinajstić information content (AvgIpc) is 3.63. The van der Waals surface area contributed by atoms with Crippen molar-refractivity contribution in [1.29, 1.82) is 0 Å². The van der Waals surface area contributed by atoms with Crippen LogP contribution >= 0.6 is 0 Å². The first-order chi connectivity index (χ1) is 22.6. The maximum absolute atomic E-state index is 6.11. The SMILES string of the molecule is CC(C)Cc1ccc2c(c1)C(C)(C)c1cc(-c3ccc4c(c3)C(C)(C)c3cc(-c5ccc6oc7ccccc7c6c5)ccc3-4)ccc1-2. The van der Waals surface area contributed by atoms with E-state index in [-0.39, 0.29) is 10.8 Å². The van der Waals surface area contributed by atoms with Crippen molar-refractivity contribution in [2.24, 2.45) is 5.92 Å². The molecule has 7 aromatic rings. The Hall–Kier alpha value is -4.88. The van der Waals surface area contributed by atoms with Crippen LogP contribution in [0.5, 0.6) is 0 Å². The van der Waals surface area contributed by atoms with E-state index in [9.17, 15) is 0 Å². The van der Waals surface area contributed by atoms with Gasteiger partial charge in [0.1, 0.15) is 11.2 Å². The van der Waals surface area contributed by atoms with Gasteiger partial charge in [-0.15, -0.1) is 0 Å². The fourth-order valence-corrected chi connectivity index (χ4v) is 8.56. The van der Waals surface area contributed by atoms with E-state index >= 15 is 0 Å². The molecule has 230 valence electrons. The molecule has 0 bridgehead atoms. The van der Waals surface area contributed by atoms with Crippen LogP contribution < -0.4 is 0 Å². The monoisotopic (exact) mass is 608 g/mol. The molecule has 0 N–H and O–H groups in total. The predicted molar refractivity (Wildman–Crippen MR) is 198 cm³/mol. The summed E-state index contributed by atoms with van der Waals surface area (Å²) in [4.78, 5) is 0. The summed E-state index contributed by atoms with van der Waals surface area (Å²) in [5.41, 5.74) is 19.4. The van der Waals surface area contributed by atoms with Crippen LogP contribution in [0.4, 0.5) is 0 Å². The minimum Gasteiger partial charge on any atom is -0.456 e. The van der Waals surface area contributed by atoms with Crippen molar-refractivity contribution in [3.05, 3.63) is 143 Å². The van der Waals surface area contributed by atoms with Crippen LogP contribution in [-0.2, 0) is 17.3 Å². The summed E-state index contributed by atoms with van der Waals surface area (Å²) in [6.45, 7) is 14.2. The molecule has 0 radical (unpaired) electrons. The number of rotatable bonds is 4. The molecule has 0 aliphatic heterocycles. The molecule has 47 heavy (non-hydrogen) atoms. The molecule has 0 saturated carbocycles. The minimum atomic E-state index is -0.109. The van der Waals surface area contributed by atoms with Gasteiger partial charge in [0.15, 0.2) is 0 Å². The highest BCUT2D eigenvalue weighted by molar-refractivity contribution is 6.06. The minimum absolute atomic E-state index is 0.0257. The van der Waals surface area contributed by atoms with Crippen LogP contribution in [0.25, 0.3) is 66.4 Å². The maximum atomic E-state index is 6.11. The standard InChI is InChI=1S/C46H40O/c1-27(2)21-28-11-16-33-34-18-13-31(25-40(34)45(3,4)39(33)22-28)32-14-19-36-35-17-12-30(24-41(35)46(5,6)42(36)26-32)29-15-20-44-38(23-29)37-9-7-8-10-43(37)47-44/h7-20,22-27H,21H2,1-6H3. The highest BCUT2D eigenvalue weighted by atomic mass is 16.3. The molecule has 0 fully saturated rings. The first-order valence-corrected chi connectivity index (χ1v) is 17.1. The van der Waals surface area contributed by atoms with Gasteiger partial charge in [0.05, 0.1) is 0 Å². The fraction of sp³-hybridized carbons (Fsp3) is 0.217. The van der Waals surface area contributed by atoms with Gasteiger partial charge < -0.3 is 4.42 Å². The molecule has 0 saturated heterocycles. The highest BCUT2D eigenvalue weighted by Gasteiger charge is 2.38. The van der Waals surface area contributed by atoms with Crippen molar-refractivity contribution < 1.29 is 4.42 Å². The Morgan fingerprint density at radius 2 is 0.915 bits per heavy atom. The van der Waals surface area contributed by atoms with Gasteiger partial charge in [-0.05, 0) is 121 Å². The summed E-state index contributed by atoms with van der Waals surface area (Å²) < 4.78 is 6.11. The number of fused-ring (bicyclic) bond motifs is 9. The van der Waals surface area contributed by atoms with Crippen molar-refractivity contribution in [2.75, 3.05) is 0 Å². The van der Waals surface area contributed by atoms with Gasteiger partial charge in [0.25, 0.3) is 0 Å². The molecular formula is C46H40O. The molecule has 0 atom stereocenters. The molecular weight excluding hydrogens is 569 g/mol. The number of para-hydroxylation sites is 1. The van der Waals surface area contributed by atoms with E-state index in [0.717, 1.165) is 17.6 Å². The third-order valence-corrected chi connectivity index (χ3v) is 11.1. The quantitative estimate of drug-likeness (QED) is 0.194. The second-order valence-electron chi connectivity index (χ2n) is 15.3. The second-order valence-corrected chi connectivity index (χ2v) is 15.3. The van der Waals surface area contributed by atoms with Crippen LogP contribution in [0.1, 0.15) is 69.4 Å². The average molecular weight is 609 g/mol. The predicted octanol–water partition coefficient (Wildman–Crippen LogP) is 12.7. The summed E-state index contributed by atoms with van der Waals surface area (Å²) in [5.74, 6) is 0.653. The fourth-order valence-electron chi connectivity index (χ4n) is 8.56. The van der Waals surface area contributed by atoms with Gasteiger partial charge >= 0.3 is 0 Å². The topological polar surface area (TPSA) is 13.1 Å². The van der Waals surface area contributed by atoms with Crippen LogP contribution in [-0.4, -0.2) is 0 Å². The number of hydrogen-bond donors (Lipinski definition) is 0. The van der Waals surface area contributed by atoms with E-state index in [2.05, 4.69) is 145 Å². The van der Waals surface area contributed by atoms with E-state index in [1.54, 1.807) is 0 Å². The lowest BCUT2D eigenvalue weighted by molar-refractivity contribution is 0.637. The molecule has 0 amide bonds. The second kappa shape index (κ2) is 9.81. The first kappa shape index (κ1) is 28.4. The van der Waals surface area contributed by atoms with Crippen LogP contribution in [0.2, 0.25) is 0 Å². The van der Waals surface area contributed by atoms with Gasteiger partial charge in [-0.3, -0.25) is 0 Å². The summed E-state index contributed by atoms with van der Waals surface area (Å²) in [7, 11) is 0. The Bertz CT molecular complexity index is 2410. The van der Waals surface area contributed by atoms with E-state index in [1.807, 2.05) is 12.1 Å². The Kier molecular flexibility index (Phi) is 5.92. The Labute approximate surface area is 277 Å². The lowest BCUT2D eigenvalue weighted by Gasteiger charge is -2.24. The summed E-state index contributed by atoms with van der Waals surface area (Å²) >= 11 is 0.